The van der Waals surface area contributed by atoms with Crippen molar-refractivity contribution in [2.75, 3.05) is 26.2 Å². The van der Waals surface area contributed by atoms with Gasteiger partial charge in [0.05, 0.1) is 0 Å². The summed E-state index contributed by atoms with van der Waals surface area (Å²) in [5.41, 5.74) is 1.42. The molecule has 1 atom stereocenters. The molecule has 1 aromatic rings. The number of nitrogens with zero attached hydrogens (tertiary/aromatic N) is 2. The second-order valence-corrected chi connectivity index (χ2v) is 5.55. The van der Waals surface area contributed by atoms with Crippen LogP contribution < -0.4 is 5.32 Å². The Morgan fingerprint density at radius 3 is 2.44 bits per heavy atom. The average molecular weight is 247 g/mol. The van der Waals surface area contributed by atoms with E-state index < -0.39 is 0 Å². The molecular weight excluding hydrogens is 222 g/mol. The quantitative estimate of drug-likeness (QED) is 0.866. The molecule has 0 aliphatic carbocycles. The highest BCUT2D eigenvalue weighted by Gasteiger charge is 2.21. The smallest absolute Gasteiger partial charge is 0.0350 e. The number of piperazine rings is 1. The second-order valence-electron chi connectivity index (χ2n) is 5.55. The molecule has 0 amide bonds. The van der Waals surface area contributed by atoms with Crippen LogP contribution in [0.2, 0.25) is 0 Å². The molecule has 3 heteroatoms. The van der Waals surface area contributed by atoms with Gasteiger partial charge < -0.3 is 5.32 Å². The van der Waals surface area contributed by atoms with E-state index in [0.717, 1.165) is 32.1 Å². The molecule has 0 radical (unpaired) electrons. The van der Waals surface area contributed by atoms with Crippen LogP contribution in [-0.4, -0.2) is 36.1 Å². The molecule has 0 spiro atoms. The normalized spacial score (nSPS) is 19.1. The maximum absolute atomic E-state index is 4.14. The Morgan fingerprint density at radius 1 is 1.17 bits per heavy atom. The monoisotopic (exact) mass is 247 g/mol. The van der Waals surface area contributed by atoms with Crippen LogP contribution in [0.1, 0.15) is 38.3 Å². The summed E-state index contributed by atoms with van der Waals surface area (Å²) in [4.78, 5) is 6.76. The molecule has 0 aromatic carbocycles. The second kappa shape index (κ2) is 6.86. The summed E-state index contributed by atoms with van der Waals surface area (Å²) in [5, 5.41) is 3.43. The van der Waals surface area contributed by atoms with E-state index in [1.807, 2.05) is 12.4 Å². The van der Waals surface area contributed by atoms with Crippen LogP contribution in [0.25, 0.3) is 0 Å². The number of nitrogens with one attached hydrogen (secondary N) is 1. The molecule has 1 aromatic heterocycles. The van der Waals surface area contributed by atoms with Crippen molar-refractivity contribution in [3.63, 3.8) is 0 Å². The first-order chi connectivity index (χ1) is 8.77. The molecule has 18 heavy (non-hydrogen) atoms. The number of aromatic nitrogens is 1. The molecule has 1 N–H and O–H groups in total. The Morgan fingerprint density at radius 2 is 1.83 bits per heavy atom. The first kappa shape index (κ1) is 13.5. The number of rotatable bonds is 5. The van der Waals surface area contributed by atoms with E-state index in [0.29, 0.717) is 6.04 Å². The molecule has 2 heterocycles. The fraction of sp³-hybridized carbons (Fsp3) is 0.667. The van der Waals surface area contributed by atoms with Gasteiger partial charge in [-0.25, -0.2) is 0 Å². The maximum atomic E-state index is 4.14. The van der Waals surface area contributed by atoms with Gasteiger partial charge in [0.1, 0.15) is 0 Å². The van der Waals surface area contributed by atoms with E-state index in [-0.39, 0.29) is 0 Å². The molecule has 100 valence electrons. The van der Waals surface area contributed by atoms with Crippen molar-refractivity contribution in [3.8, 4) is 0 Å². The van der Waals surface area contributed by atoms with Gasteiger partial charge in [0.2, 0.25) is 0 Å². The summed E-state index contributed by atoms with van der Waals surface area (Å²) < 4.78 is 0. The lowest BCUT2D eigenvalue weighted by atomic mass is 9.96. The van der Waals surface area contributed by atoms with Crippen molar-refractivity contribution >= 4 is 0 Å². The van der Waals surface area contributed by atoms with Gasteiger partial charge in [-0.15, -0.1) is 0 Å². The lowest BCUT2D eigenvalue weighted by Crippen LogP contribution is -2.45. The molecular formula is C15H25N3. The Labute approximate surface area is 111 Å². The van der Waals surface area contributed by atoms with Crippen molar-refractivity contribution in [2.45, 2.75) is 32.7 Å². The fourth-order valence-electron chi connectivity index (χ4n) is 2.63. The summed E-state index contributed by atoms with van der Waals surface area (Å²) in [6.07, 6.45) is 6.37. The van der Waals surface area contributed by atoms with Crippen LogP contribution in [0.3, 0.4) is 0 Å². The summed E-state index contributed by atoms with van der Waals surface area (Å²) >= 11 is 0. The van der Waals surface area contributed by atoms with E-state index >= 15 is 0 Å². The van der Waals surface area contributed by atoms with Gasteiger partial charge in [0.15, 0.2) is 0 Å². The van der Waals surface area contributed by atoms with Gasteiger partial charge in [0.25, 0.3) is 0 Å². The Bertz CT molecular complexity index is 331. The average Bonchev–Trinajstić information content (AvgIpc) is 2.41. The van der Waals surface area contributed by atoms with Crippen LogP contribution >= 0.6 is 0 Å². The number of hydrogen-bond donors (Lipinski definition) is 1. The van der Waals surface area contributed by atoms with E-state index in [1.165, 1.54) is 18.4 Å². The van der Waals surface area contributed by atoms with Crippen LogP contribution in [0.5, 0.6) is 0 Å². The van der Waals surface area contributed by atoms with Crippen molar-refractivity contribution < 1.29 is 0 Å². The van der Waals surface area contributed by atoms with E-state index in [1.54, 1.807) is 0 Å². The van der Waals surface area contributed by atoms with Crippen molar-refractivity contribution in [3.05, 3.63) is 30.1 Å². The van der Waals surface area contributed by atoms with Gasteiger partial charge in [-0.2, -0.15) is 0 Å². The third-order valence-corrected chi connectivity index (χ3v) is 3.70. The molecule has 1 saturated heterocycles. The molecule has 2 rings (SSSR count). The van der Waals surface area contributed by atoms with Crippen LogP contribution in [-0.2, 0) is 0 Å². The maximum Gasteiger partial charge on any atom is 0.0350 e. The fourth-order valence-corrected chi connectivity index (χ4v) is 2.63. The Hall–Kier alpha value is -0.930. The molecule has 1 aliphatic rings. The standard InChI is InChI=1S/C15H25N3/c1-13(2)3-4-15(14-5-7-16-8-6-14)18-11-9-17-10-12-18/h5-8,13,15,17H,3-4,9-12H2,1-2H3/t15-/m1/s1. The van der Waals surface area contributed by atoms with E-state index in [4.69, 9.17) is 0 Å². The molecule has 0 unspecified atom stereocenters. The minimum absolute atomic E-state index is 0.567. The SMILES string of the molecule is CC(C)CC[C@H](c1ccncc1)N1CCNCC1. The highest BCUT2D eigenvalue weighted by Crippen LogP contribution is 2.27. The van der Waals surface area contributed by atoms with Crippen LogP contribution in [0.4, 0.5) is 0 Å². The molecule has 0 saturated carbocycles. The van der Waals surface area contributed by atoms with Gasteiger partial charge >= 0.3 is 0 Å². The highest BCUT2D eigenvalue weighted by atomic mass is 15.2. The zero-order valence-corrected chi connectivity index (χ0v) is 11.6. The zero-order valence-electron chi connectivity index (χ0n) is 11.6. The number of hydrogen-bond acceptors (Lipinski definition) is 3. The van der Waals surface area contributed by atoms with E-state index in [9.17, 15) is 0 Å². The summed E-state index contributed by atoms with van der Waals surface area (Å²) in [7, 11) is 0. The lowest BCUT2D eigenvalue weighted by Gasteiger charge is -2.35. The van der Waals surface area contributed by atoms with Crippen molar-refractivity contribution in [1.29, 1.82) is 0 Å². The van der Waals surface area contributed by atoms with Gasteiger partial charge in [-0.3, -0.25) is 9.88 Å². The molecule has 1 fully saturated rings. The summed E-state index contributed by atoms with van der Waals surface area (Å²) in [6, 6.07) is 4.91. The van der Waals surface area contributed by atoms with Gasteiger partial charge in [0, 0.05) is 44.6 Å². The lowest BCUT2D eigenvalue weighted by molar-refractivity contribution is 0.159. The first-order valence-corrected chi connectivity index (χ1v) is 7.12. The van der Waals surface area contributed by atoms with Crippen molar-refractivity contribution in [2.24, 2.45) is 5.92 Å². The first-order valence-electron chi connectivity index (χ1n) is 7.12. The predicted octanol–water partition coefficient (Wildman–Crippen LogP) is 2.46. The minimum Gasteiger partial charge on any atom is -0.314 e. The van der Waals surface area contributed by atoms with Crippen molar-refractivity contribution in [1.82, 2.24) is 15.2 Å². The summed E-state index contributed by atoms with van der Waals surface area (Å²) in [5.74, 6) is 0.775. The third kappa shape index (κ3) is 3.79. The molecule has 0 bridgehead atoms. The van der Waals surface area contributed by atoms with Gasteiger partial charge in [-0.1, -0.05) is 13.8 Å². The van der Waals surface area contributed by atoms with Crippen LogP contribution in [0, 0.1) is 5.92 Å². The molecule has 3 nitrogen and oxygen atoms in total. The topological polar surface area (TPSA) is 28.2 Å². The van der Waals surface area contributed by atoms with Gasteiger partial charge in [-0.05, 0) is 36.5 Å². The van der Waals surface area contributed by atoms with E-state index in [2.05, 4.69) is 41.2 Å². The zero-order chi connectivity index (χ0) is 12.8. The Kier molecular flexibility index (Phi) is 5.14. The molecule has 1 aliphatic heterocycles. The van der Waals surface area contributed by atoms with Crippen LogP contribution in [0.15, 0.2) is 24.5 Å². The minimum atomic E-state index is 0.567. The predicted molar refractivity (Wildman–Crippen MR) is 75.5 cm³/mol. The number of pyridine rings is 1. The Balaban J connectivity index is 2.06. The third-order valence-electron chi connectivity index (χ3n) is 3.70. The largest absolute Gasteiger partial charge is 0.314 e. The summed E-state index contributed by atoms with van der Waals surface area (Å²) in [6.45, 7) is 9.16. The highest BCUT2D eigenvalue weighted by molar-refractivity contribution is 5.15.